The van der Waals surface area contributed by atoms with Gasteiger partial charge >= 0.3 is 0 Å². The minimum atomic E-state index is 0.360. The Morgan fingerprint density at radius 2 is 1.64 bits per heavy atom. The number of rotatable bonds is 4. The topological polar surface area (TPSA) is 36.1 Å². The van der Waals surface area contributed by atoms with Crippen LogP contribution in [0.3, 0.4) is 0 Å². The van der Waals surface area contributed by atoms with E-state index in [1.54, 1.807) is 0 Å². The summed E-state index contributed by atoms with van der Waals surface area (Å²) in [5.41, 5.74) is 13.2. The molecule has 3 heteroatoms. The number of hydrazine groups is 1. The third-order valence-corrected chi connectivity index (χ3v) is 4.32. The fraction of sp³-hybridized carbons (Fsp3) is 0.368. The van der Waals surface area contributed by atoms with Crippen molar-refractivity contribution in [2.24, 2.45) is 5.92 Å². The Kier molecular flexibility index (Phi) is 4.46. The van der Waals surface area contributed by atoms with Crippen molar-refractivity contribution in [3.8, 4) is 0 Å². The van der Waals surface area contributed by atoms with Crippen LogP contribution in [0.4, 0.5) is 5.69 Å². The third kappa shape index (κ3) is 3.49. The normalized spacial score (nSPS) is 21.0. The lowest BCUT2D eigenvalue weighted by Crippen LogP contribution is -2.26. The fourth-order valence-corrected chi connectivity index (χ4v) is 3.18. The van der Waals surface area contributed by atoms with Gasteiger partial charge in [-0.25, -0.2) is 5.43 Å². The molecule has 2 aromatic rings. The molecule has 116 valence electrons. The second kappa shape index (κ2) is 6.51. The molecule has 1 aliphatic heterocycles. The Labute approximate surface area is 133 Å². The van der Waals surface area contributed by atoms with Gasteiger partial charge in [0, 0.05) is 24.7 Å². The van der Waals surface area contributed by atoms with Crippen LogP contribution in [0.2, 0.25) is 0 Å². The Morgan fingerprint density at radius 1 is 0.955 bits per heavy atom. The van der Waals surface area contributed by atoms with E-state index in [4.69, 9.17) is 0 Å². The second-order valence-corrected chi connectivity index (χ2v) is 6.43. The van der Waals surface area contributed by atoms with Crippen LogP contribution in [0.25, 0.3) is 0 Å². The van der Waals surface area contributed by atoms with Crippen molar-refractivity contribution in [1.29, 1.82) is 0 Å². The van der Waals surface area contributed by atoms with Crippen LogP contribution in [-0.2, 0) is 0 Å². The minimum absolute atomic E-state index is 0.360. The highest BCUT2D eigenvalue weighted by Gasteiger charge is 2.27. The average molecular weight is 295 g/mol. The third-order valence-electron chi connectivity index (χ3n) is 4.32. The average Bonchev–Trinajstić information content (AvgIpc) is 2.93. The molecule has 0 radical (unpaired) electrons. The second-order valence-electron chi connectivity index (χ2n) is 6.43. The number of nitrogens with one attached hydrogen (secondary N) is 3. The van der Waals surface area contributed by atoms with Crippen molar-refractivity contribution in [2.75, 3.05) is 18.4 Å². The van der Waals surface area contributed by atoms with Crippen LogP contribution in [0.5, 0.6) is 0 Å². The highest BCUT2D eigenvalue weighted by molar-refractivity contribution is 5.48. The lowest BCUT2D eigenvalue weighted by atomic mass is 9.94. The van der Waals surface area contributed by atoms with Gasteiger partial charge in [0.05, 0.1) is 6.04 Å². The molecule has 0 aliphatic carbocycles. The van der Waals surface area contributed by atoms with E-state index in [2.05, 4.69) is 79.4 Å². The first-order valence-electron chi connectivity index (χ1n) is 7.99. The van der Waals surface area contributed by atoms with Crippen molar-refractivity contribution in [2.45, 2.75) is 26.8 Å². The molecule has 2 unspecified atom stereocenters. The Morgan fingerprint density at radius 3 is 2.32 bits per heavy atom. The highest BCUT2D eigenvalue weighted by atomic mass is 15.4. The summed E-state index contributed by atoms with van der Waals surface area (Å²) in [6.07, 6.45) is 0. The molecule has 1 heterocycles. The quantitative estimate of drug-likeness (QED) is 0.808. The fourth-order valence-electron chi connectivity index (χ4n) is 3.18. The standard InChI is InChI=1S/C19H25N3/c1-13-4-6-16(7-5-13)19-17(12-21-22-19)11-20-18-9-14(2)8-15(3)10-18/h4-10,17,19-22H,11-12H2,1-3H3. The molecule has 2 aromatic carbocycles. The molecule has 0 bridgehead atoms. The first-order valence-corrected chi connectivity index (χ1v) is 7.99. The van der Waals surface area contributed by atoms with Crippen molar-refractivity contribution in [3.05, 3.63) is 64.7 Å². The first-order chi connectivity index (χ1) is 10.6. The molecule has 2 atom stereocenters. The highest BCUT2D eigenvalue weighted by Crippen LogP contribution is 2.26. The molecular weight excluding hydrogens is 270 g/mol. The van der Waals surface area contributed by atoms with E-state index < -0.39 is 0 Å². The van der Waals surface area contributed by atoms with Crippen LogP contribution in [0, 0.1) is 26.7 Å². The number of anilines is 1. The first kappa shape index (κ1) is 15.1. The van der Waals surface area contributed by atoms with Gasteiger partial charge in [0.1, 0.15) is 0 Å². The maximum atomic E-state index is 3.60. The van der Waals surface area contributed by atoms with Crippen molar-refractivity contribution in [1.82, 2.24) is 10.9 Å². The molecule has 0 aromatic heterocycles. The maximum Gasteiger partial charge on any atom is 0.0520 e. The minimum Gasteiger partial charge on any atom is -0.385 e. The van der Waals surface area contributed by atoms with Gasteiger partial charge in [-0.15, -0.1) is 0 Å². The molecule has 3 N–H and O–H groups in total. The van der Waals surface area contributed by atoms with Crippen molar-refractivity contribution >= 4 is 5.69 Å². The van der Waals surface area contributed by atoms with E-state index in [0.717, 1.165) is 13.1 Å². The van der Waals surface area contributed by atoms with Gasteiger partial charge in [-0.3, -0.25) is 5.43 Å². The summed E-state index contributed by atoms with van der Waals surface area (Å²) in [7, 11) is 0. The summed E-state index contributed by atoms with van der Waals surface area (Å²) in [5, 5.41) is 3.60. The molecule has 1 aliphatic rings. The summed E-state index contributed by atoms with van der Waals surface area (Å²) in [5.74, 6) is 0.531. The summed E-state index contributed by atoms with van der Waals surface area (Å²) in [6.45, 7) is 8.36. The van der Waals surface area contributed by atoms with E-state index in [9.17, 15) is 0 Å². The van der Waals surface area contributed by atoms with Gasteiger partial charge in [0.25, 0.3) is 0 Å². The lowest BCUT2D eigenvalue weighted by molar-refractivity contribution is 0.493. The van der Waals surface area contributed by atoms with Crippen LogP contribution in [0.15, 0.2) is 42.5 Å². The molecule has 0 saturated carbocycles. The number of aryl methyl sites for hydroxylation is 3. The Bertz CT molecular complexity index is 613. The maximum absolute atomic E-state index is 3.60. The molecule has 0 spiro atoms. The van der Waals surface area contributed by atoms with Crippen LogP contribution < -0.4 is 16.2 Å². The zero-order chi connectivity index (χ0) is 15.5. The van der Waals surface area contributed by atoms with E-state index in [-0.39, 0.29) is 0 Å². The molecule has 1 saturated heterocycles. The number of hydrogen-bond acceptors (Lipinski definition) is 3. The monoisotopic (exact) mass is 295 g/mol. The summed E-state index contributed by atoms with van der Waals surface area (Å²) in [4.78, 5) is 0. The molecule has 3 rings (SSSR count). The van der Waals surface area contributed by atoms with Gasteiger partial charge in [0.2, 0.25) is 0 Å². The predicted octanol–water partition coefficient (Wildman–Crippen LogP) is 3.49. The summed E-state index contributed by atoms with van der Waals surface area (Å²) >= 11 is 0. The molecule has 22 heavy (non-hydrogen) atoms. The van der Waals surface area contributed by atoms with Crippen LogP contribution >= 0.6 is 0 Å². The van der Waals surface area contributed by atoms with E-state index in [0.29, 0.717) is 12.0 Å². The van der Waals surface area contributed by atoms with Gasteiger partial charge in [-0.05, 0) is 49.6 Å². The Hall–Kier alpha value is -1.84. The zero-order valence-electron chi connectivity index (χ0n) is 13.6. The number of hydrogen-bond donors (Lipinski definition) is 3. The molecule has 1 fully saturated rings. The Balaban J connectivity index is 1.67. The van der Waals surface area contributed by atoms with Gasteiger partial charge in [-0.2, -0.15) is 0 Å². The van der Waals surface area contributed by atoms with E-state index >= 15 is 0 Å². The van der Waals surface area contributed by atoms with Gasteiger partial charge < -0.3 is 5.32 Å². The van der Waals surface area contributed by atoms with Crippen molar-refractivity contribution < 1.29 is 0 Å². The lowest BCUT2D eigenvalue weighted by Gasteiger charge is -2.20. The smallest absolute Gasteiger partial charge is 0.0520 e. The van der Waals surface area contributed by atoms with E-state index in [1.165, 1.54) is 27.9 Å². The van der Waals surface area contributed by atoms with Crippen molar-refractivity contribution in [3.63, 3.8) is 0 Å². The predicted molar refractivity (Wildman–Crippen MR) is 93.0 cm³/mol. The SMILES string of the molecule is Cc1ccc(C2NNCC2CNc2cc(C)cc(C)c2)cc1. The zero-order valence-corrected chi connectivity index (χ0v) is 13.6. The molecular formula is C19H25N3. The molecule has 3 nitrogen and oxygen atoms in total. The summed E-state index contributed by atoms with van der Waals surface area (Å²) in [6, 6.07) is 15.8. The van der Waals surface area contributed by atoms with E-state index in [1.807, 2.05) is 0 Å². The molecule has 0 amide bonds. The van der Waals surface area contributed by atoms with Crippen LogP contribution in [0.1, 0.15) is 28.3 Å². The summed E-state index contributed by atoms with van der Waals surface area (Å²) < 4.78 is 0. The largest absolute Gasteiger partial charge is 0.385 e. The van der Waals surface area contributed by atoms with Gasteiger partial charge in [0.15, 0.2) is 0 Å². The number of benzene rings is 2. The van der Waals surface area contributed by atoms with Crippen LogP contribution in [-0.4, -0.2) is 13.1 Å². The van der Waals surface area contributed by atoms with Gasteiger partial charge in [-0.1, -0.05) is 35.9 Å².